The number of benzene rings is 2. The largest absolute Gasteiger partial charge is 0.381 e. The number of hydrogen-bond donors (Lipinski definition) is 0. The fourth-order valence-corrected chi connectivity index (χ4v) is 3.27. The van der Waals surface area contributed by atoms with Gasteiger partial charge in [0.05, 0.1) is 0 Å². The minimum atomic E-state index is 0.762. The molecule has 0 amide bonds. The van der Waals surface area contributed by atoms with Crippen molar-refractivity contribution in [3.05, 3.63) is 71.3 Å². The van der Waals surface area contributed by atoms with E-state index in [1.54, 1.807) is 0 Å². The zero-order chi connectivity index (χ0) is 15.9. The van der Waals surface area contributed by atoms with Crippen LogP contribution in [0.3, 0.4) is 0 Å². The lowest BCUT2D eigenvalue weighted by molar-refractivity contribution is 0.0502. The summed E-state index contributed by atoms with van der Waals surface area (Å²) in [7, 11) is 0. The summed E-state index contributed by atoms with van der Waals surface area (Å²) in [4.78, 5) is 2.59. The van der Waals surface area contributed by atoms with E-state index in [0.717, 1.165) is 38.8 Å². The van der Waals surface area contributed by atoms with Gasteiger partial charge >= 0.3 is 0 Å². The van der Waals surface area contributed by atoms with Crippen molar-refractivity contribution >= 4 is 0 Å². The van der Waals surface area contributed by atoms with Crippen LogP contribution in [-0.2, 0) is 17.8 Å². The lowest BCUT2D eigenvalue weighted by atomic mass is 9.99. The van der Waals surface area contributed by atoms with Gasteiger partial charge in [-0.1, -0.05) is 60.2 Å². The van der Waals surface area contributed by atoms with Crippen LogP contribution in [0.25, 0.3) is 0 Å². The molecule has 0 bridgehead atoms. The Balaban J connectivity index is 1.67. The van der Waals surface area contributed by atoms with Gasteiger partial charge < -0.3 is 4.74 Å². The van der Waals surface area contributed by atoms with Crippen molar-refractivity contribution in [2.45, 2.75) is 32.9 Å². The smallest absolute Gasteiger partial charge is 0.0469 e. The molecule has 0 N–H and O–H groups in total. The second-order valence-electron chi connectivity index (χ2n) is 6.70. The lowest BCUT2D eigenvalue weighted by Crippen LogP contribution is -2.31. The molecule has 1 heterocycles. The molecule has 1 aliphatic heterocycles. The van der Waals surface area contributed by atoms with Gasteiger partial charge in [-0.05, 0) is 36.8 Å². The molecule has 1 aliphatic rings. The predicted octanol–water partition coefficient (Wildman–Crippen LogP) is 4.42. The van der Waals surface area contributed by atoms with E-state index in [-0.39, 0.29) is 0 Å². The summed E-state index contributed by atoms with van der Waals surface area (Å²) in [6.07, 6.45) is 2.39. The first-order valence-electron chi connectivity index (χ1n) is 8.69. The van der Waals surface area contributed by atoms with E-state index >= 15 is 0 Å². The van der Waals surface area contributed by atoms with Crippen molar-refractivity contribution in [1.82, 2.24) is 4.90 Å². The van der Waals surface area contributed by atoms with Crippen LogP contribution in [0.5, 0.6) is 0 Å². The number of nitrogens with zero attached hydrogens (tertiary/aromatic N) is 1. The summed E-state index contributed by atoms with van der Waals surface area (Å²) in [5, 5.41) is 0. The number of ether oxygens (including phenoxy) is 1. The summed E-state index contributed by atoms with van der Waals surface area (Å²) in [5.74, 6) is 0.762. The number of aryl methyl sites for hydroxylation is 1. The van der Waals surface area contributed by atoms with E-state index in [1.807, 2.05) is 0 Å². The average molecular weight is 309 g/mol. The monoisotopic (exact) mass is 309 g/mol. The summed E-state index contributed by atoms with van der Waals surface area (Å²) < 4.78 is 5.51. The molecule has 1 saturated heterocycles. The van der Waals surface area contributed by atoms with Crippen LogP contribution in [0.1, 0.15) is 29.5 Å². The van der Waals surface area contributed by atoms with Crippen LogP contribution < -0.4 is 0 Å². The van der Waals surface area contributed by atoms with Crippen molar-refractivity contribution in [1.29, 1.82) is 0 Å². The van der Waals surface area contributed by atoms with Gasteiger partial charge in [0.15, 0.2) is 0 Å². The lowest BCUT2D eigenvalue weighted by Gasteiger charge is -2.30. The van der Waals surface area contributed by atoms with Gasteiger partial charge in [-0.2, -0.15) is 0 Å². The maximum atomic E-state index is 5.51. The number of hydrogen-bond acceptors (Lipinski definition) is 2. The topological polar surface area (TPSA) is 12.5 Å². The van der Waals surface area contributed by atoms with Gasteiger partial charge in [-0.15, -0.1) is 0 Å². The van der Waals surface area contributed by atoms with Crippen molar-refractivity contribution in [3.8, 4) is 0 Å². The Labute approximate surface area is 140 Å². The van der Waals surface area contributed by atoms with Gasteiger partial charge in [-0.3, -0.25) is 4.90 Å². The zero-order valence-electron chi connectivity index (χ0n) is 14.1. The standard InChI is InChI=1S/C21H27NO/c1-18-7-9-20(10-8-18)16-22(15-19-5-3-2-4-6-19)17-21-11-13-23-14-12-21/h2-10,21H,11-17H2,1H3. The van der Waals surface area contributed by atoms with E-state index in [2.05, 4.69) is 66.4 Å². The highest BCUT2D eigenvalue weighted by Gasteiger charge is 2.18. The molecule has 0 aromatic heterocycles. The summed E-state index contributed by atoms with van der Waals surface area (Å²) >= 11 is 0. The molecule has 0 aliphatic carbocycles. The van der Waals surface area contributed by atoms with Gasteiger partial charge in [-0.25, -0.2) is 0 Å². The summed E-state index contributed by atoms with van der Waals surface area (Å²) in [5.41, 5.74) is 4.12. The molecule has 2 aromatic carbocycles. The van der Waals surface area contributed by atoms with Gasteiger partial charge in [0.25, 0.3) is 0 Å². The third kappa shape index (κ3) is 5.19. The first-order chi connectivity index (χ1) is 11.3. The fourth-order valence-electron chi connectivity index (χ4n) is 3.27. The second kappa shape index (κ2) is 8.28. The third-order valence-corrected chi connectivity index (χ3v) is 4.63. The molecular formula is C21H27NO. The molecule has 2 heteroatoms. The highest BCUT2D eigenvalue weighted by molar-refractivity contribution is 5.21. The predicted molar refractivity (Wildman–Crippen MR) is 95.3 cm³/mol. The fraction of sp³-hybridized carbons (Fsp3) is 0.429. The van der Waals surface area contributed by atoms with E-state index in [9.17, 15) is 0 Å². The molecule has 0 unspecified atom stereocenters. The van der Waals surface area contributed by atoms with E-state index in [4.69, 9.17) is 4.74 Å². The molecule has 0 atom stereocenters. The van der Waals surface area contributed by atoms with Crippen molar-refractivity contribution in [3.63, 3.8) is 0 Å². The van der Waals surface area contributed by atoms with Crippen molar-refractivity contribution < 1.29 is 4.74 Å². The Morgan fingerprint density at radius 2 is 1.48 bits per heavy atom. The first kappa shape index (κ1) is 16.2. The van der Waals surface area contributed by atoms with E-state index in [1.165, 1.54) is 29.5 Å². The highest BCUT2D eigenvalue weighted by Crippen LogP contribution is 2.19. The third-order valence-electron chi connectivity index (χ3n) is 4.63. The van der Waals surface area contributed by atoms with Crippen LogP contribution in [0.15, 0.2) is 54.6 Å². The maximum absolute atomic E-state index is 5.51. The van der Waals surface area contributed by atoms with E-state index < -0.39 is 0 Å². The average Bonchev–Trinajstić information content (AvgIpc) is 2.59. The Morgan fingerprint density at radius 1 is 0.870 bits per heavy atom. The molecule has 2 nitrogen and oxygen atoms in total. The Hall–Kier alpha value is -1.64. The zero-order valence-corrected chi connectivity index (χ0v) is 14.1. The SMILES string of the molecule is Cc1ccc(CN(Cc2ccccc2)CC2CCOCC2)cc1. The van der Waals surface area contributed by atoms with Crippen LogP contribution in [0, 0.1) is 12.8 Å². The quantitative estimate of drug-likeness (QED) is 0.783. The van der Waals surface area contributed by atoms with E-state index in [0.29, 0.717) is 0 Å². The second-order valence-corrected chi connectivity index (χ2v) is 6.70. The Kier molecular flexibility index (Phi) is 5.84. The molecule has 122 valence electrons. The minimum Gasteiger partial charge on any atom is -0.381 e. The van der Waals surface area contributed by atoms with Gasteiger partial charge in [0.2, 0.25) is 0 Å². The van der Waals surface area contributed by atoms with Crippen LogP contribution in [0.2, 0.25) is 0 Å². The van der Waals surface area contributed by atoms with Crippen LogP contribution in [-0.4, -0.2) is 24.7 Å². The molecule has 0 spiro atoms. The van der Waals surface area contributed by atoms with Gasteiger partial charge in [0.1, 0.15) is 0 Å². The summed E-state index contributed by atoms with van der Waals surface area (Å²) in [6.45, 7) is 7.20. The van der Waals surface area contributed by atoms with Gasteiger partial charge in [0, 0.05) is 32.8 Å². The molecule has 2 aromatic rings. The van der Waals surface area contributed by atoms with Crippen molar-refractivity contribution in [2.24, 2.45) is 5.92 Å². The minimum absolute atomic E-state index is 0.762. The highest BCUT2D eigenvalue weighted by atomic mass is 16.5. The van der Waals surface area contributed by atoms with Crippen molar-refractivity contribution in [2.75, 3.05) is 19.8 Å². The Bertz CT molecular complexity index is 573. The molecule has 1 fully saturated rings. The first-order valence-corrected chi connectivity index (χ1v) is 8.69. The molecule has 0 radical (unpaired) electrons. The molecular weight excluding hydrogens is 282 g/mol. The normalized spacial score (nSPS) is 15.9. The number of rotatable bonds is 6. The Morgan fingerprint density at radius 3 is 2.13 bits per heavy atom. The molecule has 23 heavy (non-hydrogen) atoms. The molecule has 0 saturated carbocycles. The summed E-state index contributed by atoms with van der Waals surface area (Å²) in [6, 6.07) is 19.8. The molecule has 3 rings (SSSR count). The van der Waals surface area contributed by atoms with Crippen LogP contribution >= 0.6 is 0 Å². The van der Waals surface area contributed by atoms with Crippen LogP contribution in [0.4, 0.5) is 0 Å². The maximum Gasteiger partial charge on any atom is 0.0469 e.